The molecule has 136 valence electrons. The average molecular weight is 375 g/mol. The molecular formula is C17H17N3O5S. The molecule has 9 heteroatoms. The highest BCUT2D eigenvalue weighted by Gasteiger charge is 2.31. The second-order valence-electron chi connectivity index (χ2n) is 5.68. The molecule has 1 aliphatic heterocycles. The second kappa shape index (κ2) is 7.52. The van der Waals surface area contributed by atoms with Gasteiger partial charge in [0.15, 0.2) is 11.8 Å². The Morgan fingerprint density at radius 2 is 2.15 bits per heavy atom. The van der Waals surface area contributed by atoms with Crippen molar-refractivity contribution in [3.8, 4) is 5.75 Å². The van der Waals surface area contributed by atoms with Crippen LogP contribution in [-0.2, 0) is 16.1 Å². The zero-order valence-electron chi connectivity index (χ0n) is 14.0. The minimum absolute atomic E-state index is 0.0382. The van der Waals surface area contributed by atoms with Crippen LogP contribution in [0.5, 0.6) is 5.75 Å². The second-order valence-corrected chi connectivity index (χ2v) is 6.62. The van der Waals surface area contributed by atoms with Crippen molar-refractivity contribution in [1.29, 1.82) is 0 Å². The third kappa shape index (κ3) is 3.83. The molecule has 3 rings (SSSR count). The Kier molecular flexibility index (Phi) is 5.17. The van der Waals surface area contributed by atoms with Crippen molar-refractivity contribution in [3.63, 3.8) is 0 Å². The molecule has 0 spiro atoms. The number of aromatic carboxylic acids is 1. The molecule has 2 N–H and O–H groups in total. The highest BCUT2D eigenvalue weighted by Crippen LogP contribution is 2.33. The number of hydrogen-bond donors (Lipinski definition) is 2. The summed E-state index contributed by atoms with van der Waals surface area (Å²) in [6.07, 6.45) is -0.484. The fourth-order valence-corrected chi connectivity index (χ4v) is 3.26. The van der Waals surface area contributed by atoms with Gasteiger partial charge in [-0.25, -0.2) is 9.78 Å². The molecule has 0 saturated carbocycles. The monoisotopic (exact) mass is 375 g/mol. The highest BCUT2D eigenvalue weighted by molar-refractivity contribution is 7.09. The number of aromatic nitrogens is 1. The van der Waals surface area contributed by atoms with Crippen LogP contribution in [0.2, 0.25) is 0 Å². The van der Waals surface area contributed by atoms with E-state index in [4.69, 9.17) is 9.84 Å². The van der Waals surface area contributed by atoms with Crippen molar-refractivity contribution in [3.05, 3.63) is 40.3 Å². The lowest BCUT2D eigenvalue weighted by Gasteiger charge is -2.32. The Morgan fingerprint density at radius 3 is 2.88 bits per heavy atom. The minimum Gasteiger partial charge on any atom is -0.479 e. The van der Waals surface area contributed by atoms with Crippen LogP contribution in [0.1, 0.15) is 28.8 Å². The number of thiazole rings is 1. The fraction of sp³-hybridized carbons (Fsp3) is 0.294. The van der Waals surface area contributed by atoms with Crippen LogP contribution in [0, 0.1) is 0 Å². The van der Waals surface area contributed by atoms with E-state index in [-0.39, 0.29) is 37.0 Å². The Morgan fingerprint density at radius 1 is 1.38 bits per heavy atom. The van der Waals surface area contributed by atoms with E-state index in [9.17, 15) is 14.4 Å². The molecule has 0 unspecified atom stereocenters. The van der Waals surface area contributed by atoms with Crippen LogP contribution in [0.3, 0.4) is 0 Å². The minimum atomic E-state index is -1.10. The Hall–Kier alpha value is -2.94. The molecule has 0 radical (unpaired) electrons. The van der Waals surface area contributed by atoms with Gasteiger partial charge in [0.25, 0.3) is 5.91 Å². The zero-order valence-corrected chi connectivity index (χ0v) is 14.8. The zero-order chi connectivity index (χ0) is 18.7. The lowest BCUT2D eigenvalue weighted by atomic mass is 10.1. The average Bonchev–Trinajstić information content (AvgIpc) is 3.10. The number of fused-ring (bicyclic) bond motifs is 1. The van der Waals surface area contributed by atoms with Gasteiger partial charge in [-0.15, -0.1) is 11.3 Å². The number of carboxylic acids is 1. The van der Waals surface area contributed by atoms with Crippen molar-refractivity contribution in [2.24, 2.45) is 0 Å². The molecule has 0 saturated heterocycles. The summed E-state index contributed by atoms with van der Waals surface area (Å²) < 4.78 is 5.56. The molecule has 1 aliphatic rings. The Balaban J connectivity index is 1.57. The third-order valence-corrected chi connectivity index (χ3v) is 4.69. The summed E-state index contributed by atoms with van der Waals surface area (Å²) in [6, 6.07) is 7.19. The van der Waals surface area contributed by atoms with Crippen molar-refractivity contribution in [2.45, 2.75) is 26.0 Å². The first-order valence-corrected chi connectivity index (χ1v) is 8.85. The van der Waals surface area contributed by atoms with Gasteiger partial charge in [-0.2, -0.15) is 0 Å². The number of nitrogens with one attached hydrogen (secondary N) is 1. The predicted molar refractivity (Wildman–Crippen MR) is 94.4 cm³/mol. The van der Waals surface area contributed by atoms with Crippen LogP contribution in [0.15, 0.2) is 29.6 Å². The van der Waals surface area contributed by atoms with Gasteiger partial charge < -0.3 is 20.1 Å². The number of carbonyl (C=O) groups is 3. The maximum Gasteiger partial charge on any atom is 0.355 e. The van der Waals surface area contributed by atoms with E-state index >= 15 is 0 Å². The fourth-order valence-electron chi connectivity index (χ4n) is 2.56. The Labute approximate surface area is 153 Å². The molecule has 0 aliphatic carbocycles. The summed E-state index contributed by atoms with van der Waals surface area (Å²) >= 11 is 1.17. The van der Waals surface area contributed by atoms with Crippen LogP contribution in [0.25, 0.3) is 0 Å². The van der Waals surface area contributed by atoms with Crippen molar-refractivity contribution in [2.75, 3.05) is 11.4 Å². The maximum atomic E-state index is 12.4. The van der Waals surface area contributed by atoms with Gasteiger partial charge in [0, 0.05) is 18.3 Å². The molecule has 8 nitrogen and oxygen atoms in total. The highest BCUT2D eigenvalue weighted by atomic mass is 32.1. The number of hydrogen-bond acceptors (Lipinski definition) is 6. The molecule has 0 bridgehead atoms. The van der Waals surface area contributed by atoms with Crippen LogP contribution < -0.4 is 15.0 Å². The third-order valence-electron chi connectivity index (χ3n) is 3.84. The van der Waals surface area contributed by atoms with Crippen molar-refractivity contribution in [1.82, 2.24) is 10.3 Å². The lowest BCUT2D eigenvalue weighted by molar-refractivity contribution is -0.125. The topological polar surface area (TPSA) is 109 Å². The van der Waals surface area contributed by atoms with Gasteiger partial charge in [-0.3, -0.25) is 9.59 Å². The SMILES string of the molecule is C[C@H]1Oc2ccccc2N(CCC(=O)NCc2nc(C(=O)O)cs2)C1=O. The summed E-state index contributed by atoms with van der Waals surface area (Å²) in [5, 5.41) is 13.5. The Bertz CT molecular complexity index is 850. The van der Waals surface area contributed by atoms with Crippen LogP contribution in [-0.4, -0.2) is 40.5 Å². The molecule has 0 fully saturated rings. The molecular weight excluding hydrogens is 358 g/mol. The van der Waals surface area contributed by atoms with Gasteiger partial charge in [0.05, 0.1) is 12.2 Å². The van der Waals surface area contributed by atoms with Crippen molar-refractivity contribution < 1.29 is 24.2 Å². The summed E-state index contributed by atoms with van der Waals surface area (Å²) in [5.41, 5.74) is 0.609. The first-order valence-electron chi connectivity index (χ1n) is 7.97. The number of carbonyl (C=O) groups excluding carboxylic acids is 2. The molecule has 1 aromatic heterocycles. The van der Waals surface area contributed by atoms with Gasteiger partial charge in [0.1, 0.15) is 10.8 Å². The number of rotatable bonds is 6. The van der Waals surface area contributed by atoms with E-state index in [0.29, 0.717) is 16.4 Å². The number of ether oxygens (including phenoxy) is 1. The first kappa shape index (κ1) is 17.9. The number of amides is 2. The molecule has 2 heterocycles. The molecule has 2 aromatic rings. The summed E-state index contributed by atoms with van der Waals surface area (Å²) in [7, 11) is 0. The first-order chi connectivity index (χ1) is 12.5. The normalized spacial score (nSPS) is 16.0. The molecule has 1 atom stereocenters. The lowest BCUT2D eigenvalue weighted by Crippen LogP contribution is -2.45. The number of nitrogens with zero attached hydrogens (tertiary/aromatic N) is 2. The van der Waals surface area contributed by atoms with Gasteiger partial charge in [0.2, 0.25) is 5.91 Å². The van der Waals surface area contributed by atoms with E-state index < -0.39 is 12.1 Å². The quantitative estimate of drug-likeness (QED) is 0.795. The van der Waals surface area contributed by atoms with Crippen molar-refractivity contribution >= 4 is 34.8 Å². The summed E-state index contributed by atoms with van der Waals surface area (Å²) in [4.78, 5) is 40.7. The smallest absolute Gasteiger partial charge is 0.355 e. The maximum absolute atomic E-state index is 12.4. The van der Waals surface area contributed by atoms with E-state index in [1.807, 2.05) is 6.07 Å². The predicted octanol–water partition coefficient (Wildman–Crippen LogP) is 1.66. The standard InChI is InChI=1S/C17H17N3O5S/c1-10-16(22)20(12-4-2-3-5-13(12)25-10)7-6-14(21)18-8-15-19-11(9-26-15)17(23)24/h2-5,9-10H,6-8H2,1H3,(H,18,21)(H,23,24)/t10-/m1/s1. The van der Waals surface area contributed by atoms with Crippen LogP contribution in [0.4, 0.5) is 5.69 Å². The molecule has 1 aromatic carbocycles. The van der Waals surface area contributed by atoms with Gasteiger partial charge >= 0.3 is 5.97 Å². The summed E-state index contributed by atoms with van der Waals surface area (Å²) in [6.45, 7) is 2.06. The van der Waals surface area contributed by atoms with E-state index in [1.54, 1.807) is 30.0 Å². The largest absolute Gasteiger partial charge is 0.479 e. The van der Waals surface area contributed by atoms with E-state index in [2.05, 4.69) is 10.3 Å². The molecule has 26 heavy (non-hydrogen) atoms. The molecule has 2 amide bonds. The number of anilines is 1. The number of benzene rings is 1. The van der Waals surface area contributed by atoms with E-state index in [0.717, 1.165) is 0 Å². The van der Waals surface area contributed by atoms with Crippen LogP contribution >= 0.6 is 11.3 Å². The summed E-state index contributed by atoms with van der Waals surface area (Å²) in [5.74, 6) is -0.926. The van der Waals surface area contributed by atoms with Gasteiger partial charge in [-0.05, 0) is 19.1 Å². The van der Waals surface area contributed by atoms with E-state index in [1.165, 1.54) is 16.7 Å². The number of carboxylic acid groups (broad SMARTS) is 1. The number of para-hydroxylation sites is 2. The van der Waals surface area contributed by atoms with Gasteiger partial charge in [-0.1, -0.05) is 12.1 Å².